The highest BCUT2D eigenvalue weighted by Crippen LogP contribution is 2.11. The van der Waals surface area contributed by atoms with Gasteiger partial charge in [-0.2, -0.15) is 0 Å². The Morgan fingerprint density at radius 1 is 1.31 bits per heavy atom. The number of hydrogen-bond donors (Lipinski definition) is 2. The van der Waals surface area contributed by atoms with Crippen LogP contribution in [0.2, 0.25) is 0 Å². The highest BCUT2D eigenvalue weighted by Gasteiger charge is 1.97. The maximum atomic E-state index is 10.4. The van der Waals surface area contributed by atoms with Gasteiger partial charge < -0.3 is 16.2 Å². The van der Waals surface area contributed by atoms with Crippen molar-refractivity contribution in [1.29, 1.82) is 0 Å². The van der Waals surface area contributed by atoms with E-state index in [1.807, 2.05) is 12.1 Å². The van der Waals surface area contributed by atoms with Gasteiger partial charge in [0, 0.05) is 0 Å². The fourth-order valence-corrected chi connectivity index (χ4v) is 1.01. The molecule has 0 radical (unpaired) electrons. The lowest BCUT2D eigenvalue weighted by atomic mass is 10.1. The van der Waals surface area contributed by atoms with E-state index >= 15 is 0 Å². The van der Waals surface area contributed by atoms with Crippen molar-refractivity contribution < 1.29 is 9.53 Å². The van der Waals surface area contributed by atoms with Crippen molar-refractivity contribution in [3.05, 3.63) is 29.8 Å². The molecule has 1 aromatic rings. The second kappa shape index (κ2) is 4.47. The second-order valence-corrected chi connectivity index (χ2v) is 2.60. The van der Waals surface area contributed by atoms with Crippen LogP contribution in [0.5, 0.6) is 5.75 Å². The van der Waals surface area contributed by atoms with E-state index in [0.717, 1.165) is 12.0 Å². The van der Waals surface area contributed by atoms with Crippen molar-refractivity contribution in [1.82, 2.24) is 0 Å². The van der Waals surface area contributed by atoms with Crippen molar-refractivity contribution in [3.63, 3.8) is 0 Å². The van der Waals surface area contributed by atoms with Crippen molar-refractivity contribution in [2.24, 2.45) is 11.5 Å². The predicted molar refractivity (Wildman–Crippen MR) is 49.4 cm³/mol. The first-order chi connectivity index (χ1) is 6.22. The Morgan fingerprint density at radius 3 is 2.38 bits per heavy atom. The van der Waals surface area contributed by atoms with Gasteiger partial charge >= 0.3 is 6.09 Å². The zero-order valence-corrected chi connectivity index (χ0v) is 7.19. The number of primary amides is 1. The largest absolute Gasteiger partial charge is 0.411 e. The molecule has 0 spiro atoms. The first kappa shape index (κ1) is 9.54. The average Bonchev–Trinajstić information content (AvgIpc) is 2.08. The summed E-state index contributed by atoms with van der Waals surface area (Å²) in [7, 11) is 0. The van der Waals surface area contributed by atoms with Crippen molar-refractivity contribution >= 4 is 6.09 Å². The highest BCUT2D eigenvalue weighted by molar-refractivity contribution is 5.67. The standard InChI is InChI=1S/C9H12N2O2/c10-6-5-7-1-3-8(4-2-7)13-9(11)12/h1-4H,5-6,10H2,(H2,11,12). The third kappa shape index (κ3) is 3.13. The number of nitrogens with two attached hydrogens (primary N) is 2. The van der Waals surface area contributed by atoms with E-state index in [-0.39, 0.29) is 0 Å². The van der Waals surface area contributed by atoms with Gasteiger partial charge in [0.2, 0.25) is 0 Å². The minimum atomic E-state index is -0.799. The van der Waals surface area contributed by atoms with Crippen LogP contribution in [0.3, 0.4) is 0 Å². The molecular weight excluding hydrogens is 168 g/mol. The van der Waals surface area contributed by atoms with Crippen LogP contribution in [0.15, 0.2) is 24.3 Å². The molecule has 0 saturated heterocycles. The summed E-state index contributed by atoms with van der Waals surface area (Å²) in [5.74, 6) is 0.452. The molecule has 1 amide bonds. The molecule has 0 heterocycles. The van der Waals surface area contributed by atoms with Crippen LogP contribution in [0.25, 0.3) is 0 Å². The molecule has 4 N–H and O–H groups in total. The Hall–Kier alpha value is -1.55. The van der Waals surface area contributed by atoms with Gasteiger partial charge in [-0.15, -0.1) is 0 Å². The fourth-order valence-electron chi connectivity index (χ4n) is 1.01. The van der Waals surface area contributed by atoms with Crippen LogP contribution < -0.4 is 16.2 Å². The van der Waals surface area contributed by atoms with E-state index in [0.29, 0.717) is 12.3 Å². The van der Waals surface area contributed by atoms with Crippen LogP contribution in [0, 0.1) is 0 Å². The zero-order chi connectivity index (χ0) is 9.68. The van der Waals surface area contributed by atoms with E-state index in [9.17, 15) is 4.79 Å². The average molecular weight is 180 g/mol. The smallest absolute Gasteiger partial charge is 0.409 e. The minimum Gasteiger partial charge on any atom is -0.411 e. The lowest BCUT2D eigenvalue weighted by Crippen LogP contribution is -2.16. The molecule has 0 unspecified atom stereocenters. The molecule has 0 fully saturated rings. The predicted octanol–water partition coefficient (Wildman–Crippen LogP) is 0.645. The van der Waals surface area contributed by atoms with Gasteiger partial charge in [0.05, 0.1) is 0 Å². The van der Waals surface area contributed by atoms with Gasteiger partial charge in [-0.3, -0.25) is 0 Å². The van der Waals surface area contributed by atoms with Gasteiger partial charge in [-0.05, 0) is 30.7 Å². The van der Waals surface area contributed by atoms with Crippen LogP contribution in [-0.2, 0) is 6.42 Å². The number of hydrogen-bond acceptors (Lipinski definition) is 3. The van der Waals surface area contributed by atoms with Crippen LogP contribution in [0.1, 0.15) is 5.56 Å². The molecule has 0 aliphatic rings. The van der Waals surface area contributed by atoms with Crippen molar-refractivity contribution in [3.8, 4) is 5.75 Å². The molecule has 0 aromatic heterocycles. The summed E-state index contributed by atoms with van der Waals surface area (Å²) in [4.78, 5) is 10.4. The summed E-state index contributed by atoms with van der Waals surface area (Å²) in [5, 5.41) is 0. The molecule has 70 valence electrons. The summed E-state index contributed by atoms with van der Waals surface area (Å²) >= 11 is 0. The molecule has 0 bridgehead atoms. The second-order valence-electron chi connectivity index (χ2n) is 2.60. The number of ether oxygens (including phenoxy) is 1. The molecule has 0 atom stereocenters. The lowest BCUT2D eigenvalue weighted by Gasteiger charge is -2.01. The summed E-state index contributed by atoms with van der Waals surface area (Å²) in [6.45, 7) is 0.607. The van der Waals surface area contributed by atoms with E-state index in [2.05, 4.69) is 4.74 Å². The highest BCUT2D eigenvalue weighted by atomic mass is 16.5. The molecule has 4 nitrogen and oxygen atoms in total. The van der Waals surface area contributed by atoms with E-state index in [1.54, 1.807) is 12.1 Å². The Morgan fingerprint density at radius 2 is 1.92 bits per heavy atom. The molecule has 0 aliphatic heterocycles. The first-order valence-electron chi connectivity index (χ1n) is 3.98. The minimum absolute atomic E-state index is 0.452. The molecule has 0 aliphatic carbocycles. The normalized spacial score (nSPS) is 9.62. The lowest BCUT2D eigenvalue weighted by molar-refractivity contribution is 0.211. The Balaban J connectivity index is 2.64. The number of benzene rings is 1. The van der Waals surface area contributed by atoms with E-state index in [4.69, 9.17) is 11.5 Å². The van der Waals surface area contributed by atoms with E-state index < -0.39 is 6.09 Å². The molecule has 4 heteroatoms. The summed E-state index contributed by atoms with van der Waals surface area (Å²) in [6, 6.07) is 7.09. The molecule has 13 heavy (non-hydrogen) atoms. The summed E-state index contributed by atoms with van der Waals surface area (Å²) < 4.78 is 4.65. The maximum Gasteiger partial charge on any atom is 0.409 e. The Labute approximate surface area is 76.5 Å². The van der Waals surface area contributed by atoms with E-state index in [1.165, 1.54) is 0 Å². The van der Waals surface area contributed by atoms with Crippen molar-refractivity contribution in [2.75, 3.05) is 6.54 Å². The van der Waals surface area contributed by atoms with Crippen LogP contribution in [0.4, 0.5) is 4.79 Å². The quantitative estimate of drug-likeness (QED) is 0.716. The van der Waals surface area contributed by atoms with Gasteiger partial charge in [0.15, 0.2) is 0 Å². The van der Waals surface area contributed by atoms with Crippen LogP contribution >= 0.6 is 0 Å². The number of carbonyl (C=O) groups excluding carboxylic acids is 1. The third-order valence-corrected chi connectivity index (χ3v) is 1.57. The zero-order valence-electron chi connectivity index (χ0n) is 7.19. The fraction of sp³-hybridized carbons (Fsp3) is 0.222. The van der Waals surface area contributed by atoms with Gasteiger partial charge in [-0.1, -0.05) is 12.1 Å². The Bertz CT molecular complexity index is 282. The Kier molecular flexibility index (Phi) is 3.28. The molecular formula is C9H12N2O2. The van der Waals surface area contributed by atoms with Crippen molar-refractivity contribution in [2.45, 2.75) is 6.42 Å². The summed E-state index contributed by atoms with van der Waals surface area (Å²) in [5.41, 5.74) is 11.3. The monoisotopic (exact) mass is 180 g/mol. The SMILES string of the molecule is NCCc1ccc(OC(N)=O)cc1. The molecule has 0 saturated carbocycles. The number of rotatable bonds is 3. The number of amides is 1. The first-order valence-corrected chi connectivity index (χ1v) is 3.98. The van der Waals surface area contributed by atoms with Crippen LogP contribution in [-0.4, -0.2) is 12.6 Å². The van der Waals surface area contributed by atoms with Gasteiger partial charge in [0.25, 0.3) is 0 Å². The van der Waals surface area contributed by atoms with Gasteiger partial charge in [0.1, 0.15) is 5.75 Å². The number of carbonyl (C=O) groups is 1. The summed E-state index contributed by atoms with van der Waals surface area (Å²) in [6.07, 6.45) is 0.0169. The molecule has 1 aromatic carbocycles. The third-order valence-electron chi connectivity index (χ3n) is 1.57. The topological polar surface area (TPSA) is 78.3 Å². The molecule has 1 rings (SSSR count). The van der Waals surface area contributed by atoms with Gasteiger partial charge in [-0.25, -0.2) is 4.79 Å². The maximum absolute atomic E-state index is 10.4.